The Labute approximate surface area is 113 Å². The summed E-state index contributed by atoms with van der Waals surface area (Å²) < 4.78 is 0. The zero-order valence-electron chi connectivity index (χ0n) is 12.2. The summed E-state index contributed by atoms with van der Waals surface area (Å²) in [5.41, 5.74) is 0.573. The molecule has 0 bridgehead atoms. The molecule has 1 atom stereocenters. The summed E-state index contributed by atoms with van der Waals surface area (Å²) in [7, 11) is 0. The second kappa shape index (κ2) is 7.68. The fraction of sp³-hybridized carbons (Fsp3) is 1.00. The van der Waals surface area contributed by atoms with E-state index in [0.717, 1.165) is 11.8 Å². The van der Waals surface area contributed by atoms with Crippen LogP contribution in [0.25, 0.3) is 0 Å². The van der Waals surface area contributed by atoms with Gasteiger partial charge in [-0.3, -0.25) is 0 Å². The molecule has 0 aromatic heterocycles. The second-order valence-corrected chi connectivity index (χ2v) is 7.65. The van der Waals surface area contributed by atoms with E-state index in [1.54, 1.807) is 0 Å². The first-order chi connectivity index (χ1) is 8.08. The lowest BCUT2D eigenvalue weighted by atomic mass is 9.80. The largest absolute Gasteiger partial charge is 0.316 e. The Hall–Kier alpha value is 0.310. The van der Waals surface area contributed by atoms with E-state index in [-0.39, 0.29) is 0 Å². The van der Waals surface area contributed by atoms with E-state index in [9.17, 15) is 0 Å². The zero-order valence-corrected chi connectivity index (χ0v) is 13.0. The van der Waals surface area contributed by atoms with Crippen molar-refractivity contribution in [2.75, 3.05) is 24.6 Å². The quantitative estimate of drug-likeness (QED) is 0.589. The van der Waals surface area contributed by atoms with E-state index in [1.807, 2.05) is 0 Å². The van der Waals surface area contributed by atoms with Gasteiger partial charge in [-0.1, -0.05) is 27.7 Å². The molecule has 0 spiro atoms. The van der Waals surface area contributed by atoms with Gasteiger partial charge in [-0.15, -0.1) is 0 Å². The van der Waals surface area contributed by atoms with Crippen LogP contribution in [0.4, 0.5) is 0 Å². The number of hydrogen-bond acceptors (Lipinski definition) is 2. The van der Waals surface area contributed by atoms with Crippen molar-refractivity contribution in [3.8, 4) is 0 Å². The lowest BCUT2D eigenvalue weighted by Crippen LogP contribution is -2.35. The highest BCUT2D eigenvalue weighted by atomic mass is 32.2. The first-order valence-corrected chi connectivity index (χ1v) is 8.52. The number of nitrogens with one attached hydrogen (secondary N) is 1. The van der Waals surface area contributed by atoms with Gasteiger partial charge in [0.2, 0.25) is 0 Å². The van der Waals surface area contributed by atoms with Gasteiger partial charge in [0.25, 0.3) is 0 Å². The normalized spacial score (nSPS) is 19.6. The third-order valence-electron chi connectivity index (χ3n) is 3.89. The SMILES string of the molecule is CCSCCCC(C)(CNCC(C)C)C1CC1. The molecule has 0 amide bonds. The Bertz CT molecular complexity index is 201. The molecule has 1 aliphatic rings. The number of thioether (sulfide) groups is 1. The maximum Gasteiger partial charge on any atom is 0.000793 e. The Balaban J connectivity index is 2.24. The summed E-state index contributed by atoms with van der Waals surface area (Å²) in [5.74, 6) is 4.40. The smallest absolute Gasteiger partial charge is 0.000793 e. The molecule has 1 rings (SSSR count). The molecule has 0 radical (unpaired) electrons. The topological polar surface area (TPSA) is 12.0 Å². The van der Waals surface area contributed by atoms with Crippen LogP contribution in [0.1, 0.15) is 53.4 Å². The molecule has 0 saturated heterocycles. The monoisotopic (exact) mass is 257 g/mol. The van der Waals surface area contributed by atoms with Crippen LogP contribution < -0.4 is 5.32 Å². The molecule has 1 fully saturated rings. The minimum atomic E-state index is 0.573. The molecule has 0 aromatic rings. The average molecular weight is 257 g/mol. The van der Waals surface area contributed by atoms with Crippen molar-refractivity contribution >= 4 is 11.8 Å². The van der Waals surface area contributed by atoms with Crippen LogP contribution in [0.3, 0.4) is 0 Å². The Kier molecular flexibility index (Phi) is 6.94. The Morgan fingerprint density at radius 1 is 1.35 bits per heavy atom. The van der Waals surface area contributed by atoms with Gasteiger partial charge in [-0.2, -0.15) is 11.8 Å². The predicted octanol–water partition coefficient (Wildman–Crippen LogP) is 4.18. The maximum atomic E-state index is 3.68. The van der Waals surface area contributed by atoms with Crippen LogP contribution in [-0.4, -0.2) is 24.6 Å². The molecule has 102 valence electrons. The fourth-order valence-corrected chi connectivity index (χ4v) is 3.22. The summed E-state index contributed by atoms with van der Waals surface area (Å²) in [4.78, 5) is 0. The molecule has 1 nitrogen and oxygen atoms in total. The molecule has 0 aliphatic heterocycles. The van der Waals surface area contributed by atoms with Crippen LogP contribution in [0.5, 0.6) is 0 Å². The third-order valence-corrected chi connectivity index (χ3v) is 4.87. The fourth-order valence-electron chi connectivity index (χ4n) is 2.59. The van der Waals surface area contributed by atoms with Gasteiger partial charge in [0.1, 0.15) is 0 Å². The highest BCUT2D eigenvalue weighted by molar-refractivity contribution is 7.99. The van der Waals surface area contributed by atoms with Crippen molar-refractivity contribution in [1.82, 2.24) is 5.32 Å². The van der Waals surface area contributed by atoms with Crippen LogP contribution in [-0.2, 0) is 0 Å². The van der Waals surface area contributed by atoms with Crippen molar-refractivity contribution in [3.63, 3.8) is 0 Å². The lowest BCUT2D eigenvalue weighted by Gasteiger charge is -2.30. The molecule has 1 N–H and O–H groups in total. The van der Waals surface area contributed by atoms with E-state index in [2.05, 4.69) is 44.8 Å². The summed E-state index contributed by atoms with van der Waals surface area (Å²) in [6, 6.07) is 0. The number of hydrogen-bond donors (Lipinski definition) is 1. The van der Waals surface area contributed by atoms with E-state index >= 15 is 0 Å². The predicted molar refractivity (Wildman–Crippen MR) is 80.8 cm³/mol. The van der Waals surface area contributed by atoms with E-state index < -0.39 is 0 Å². The van der Waals surface area contributed by atoms with Gasteiger partial charge in [-0.25, -0.2) is 0 Å². The van der Waals surface area contributed by atoms with Crippen LogP contribution in [0.15, 0.2) is 0 Å². The van der Waals surface area contributed by atoms with Gasteiger partial charge in [0.15, 0.2) is 0 Å². The van der Waals surface area contributed by atoms with E-state index in [0.29, 0.717) is 5.41 Å². The van der Waals surface area contributed by atoms with Crippen molar-refractivity contribution in [1.29, 1.82) is 0 Å². The highest BCUT2D eigenvalue weighted by Gasteiger charge is 2.40. The minimum absolute atomic E-state index is 0.573. The summed E-state index contributed by atoms with van der Waals surface area (Å²) in [5, 5.41) is 3.68. The third kappa shape index (κ3) is 6.15. The van der Waals surface area contributed by atoms with E-state index in [4.69, 9.17) is 0 Å². The highest BCUT2D eigenvalue weighted by Crippen LogP contribution is 2.47. The summed E-state index contributed by atoms with van der Waals surface area (Å²) in [6.45, 7) is 11.8. The first kappa shape index (κ1) is 15.4. The summed E-state index contributed by atoms with van der Waals surface area (Å²) in [6.07, 6.45) is 5.76. The van der Waals surface area contributed by atoms with Gasteiger partial charge >= 0.3 is 0 Å². The minimum Gasteiger partial charge on any atom is -0.316 e. The first-order valence-electron chi connectivity index (χ1n) is 7.37. The molecule has 1 unspecified atom stereocenters. The zero-order chi connectivity index (χ0) is 12.7. The van der Waals surface area contributed by atoms with Gasteiger partial charge < -0.3 is 5.32 Å². The summed E-state index contributed by atoms with van der Waals surface area (Å²) >= 11 is 2.09. The molecule has 2 heteroatoms. The molecule has 0 heterocycles. The molecular formula is C15H31NS. The van der Waals surface area contributed by atoms with Gasteiger partial charge in [0, 0.05) is 6.54 Å². The lowest BCUT2D eigenvalue weighted by molar-refractivity contribution is 0.232. The van der Waals surface area contributed by atoms with Crippen molar-refractivity contribution in [2.24, 2.45) is 17.3 Å². The van der Waals surface area contributed by atoms with E-state index in [1.165, 1.54) is 50.3 Å². The second-order valence-electron chi connectivity index (χ2n) is 6.25. The van der Waals surface area contributed by atoms with Gasteiger partial charge in [0.05, 0.1) is 0 Å². The van der Waals surface area contributed by atoms with Crippen molar-refractivity contribution in [3.05, 3.63) is 0 Å². The van der Waals surface area contributed by atoms with Crippen molar-refractivity contribution in [2.45, 2.75) is 53.4 Å². The Morgan fingerprint density at radius 2 is 2.06 bits per heavy atom. The molecule has 17 heavy (non-hydrogen) atoms. The Morgan fingerprint density at radius 3 is 2.59 bits per heavy atom. The molecule has 1 saturated carbocycles. The number of rotatable bonds is 10. The maximum absolute atomic E-state index is 3.68. The van der Waals surface area contributed by atoms with Crippen LogP contribution in [0.2, 0.25) is 0 Å². The average Bonchev–Trinajstić information content (AvgIpc) is 3.08. The van der Waals surface area contributed by atoms with Gasteiger partial charge in [-0.05, 0) is 61.0 Å². The van der Waals surface area contributed by atoms with Crippen LogP contribution >= 0.6 is 11.8 Å². The van der Waals surface area contributed by atoms with Crippen molar-refractivity contribution < 1.29 is 0 Å². The molecular weight excluding hydrogens is 226 g/mol. The molecule has 1 aliphatic carbocycles. The van der Waals surface area contributed by atoms with Crippen LogP contribution in [0, 0.1) is 17.3 Å². The molecule has 0 aromatic carbocycles. The standard InChI is InChI=1S/C15H31NS/c1-5-17-10-6-9-15(4,14-7-8-14)12-16-11-13(2)3/h13-14,16H,5-12H2,1-4H3.